The van der Waals surface area contributed by atoms with Gasteiger partial charge in [0.15, 0.2) is 5.65 Å². The minimum absolute atomic E-state index is 0.351. The Balaban J connectivity index is 1.67. The number of anilines is 2. The number of rotatable bonds is 4. The minimum atomic E-state index is 0.351. The van der Waals surface area contributed by atoms with Gasteiger partial charge in [-0.05, 0) is 17.7 Å². The zero-order valence-corrected chi connectivity index (χ0v) is 12.2. The molecule has 0 fully saturated rings. The van der Waals surface area contributed by atoms with Gasteiger partial charge in [0, 0.05) is 6.54 Å². The first kappa shape index (κ1) is 13.9. The third-order valence-electron chi connectivity index (χ3n) is 2.82. The Morgan fingerprint density at radius 3 is 2.86 bits per heavy atom. The Kier molecular flexibility index (Phi) is 3.78. The number of fused-ring (bicyclic) bond motifs is 1. The first-order valence-corrected chi connectivity index (χ1v) is 6.78. The fraction of sp³-hybridized carbons (Fsp3) is 0.0833. The molecule has 3 aromatic rings. The van der Waals surface area contributed by atoms with Crippen LogP contribution in [0.1, 0.15) is 5.56 Å². The number of aromatic nitrogens is 4. The summed E-state index contributed by atoms with van der Waals surface area (Å²) in [6.45, 7) is 0.515. The van der Waals surface area contributed by atoms with Crippen LogP contribution < -0.4 is 16.6 Å². The normalized spacial score (nSPS) is 11.0. The molecular formula is C12H11Cl2N7. The molecule has 5 N–H and O–H groups in total. The molecule has 0 spiro atoms. The molecule has 1 aromatic carbocycles. The number of halogens is 2. The molecule has 0 aliphatic rings. The Labute approximate surface area is 129 Å². The molecule has 0 saturated carbocycles. The molecule has 0 radical (unpaired) electrons. The van der Waals surface area contributed by atoms with Gasteiger partial charge >= 0.3 is 0 Å². The lowest BCUT2D eigenvalue weighted by atomic mass is 10.2. The van der Waals surface area contributed by atoms with Gasteiger partial charge in [-0.1, -0.05) is 29.3 Å². The van der Waals surface area contributed by atoms with Crippen molar-refractivity contribution < 1.29 is 0 Å². The van der Waals surface area contributed by atoms with Crippen molar-refractivity contribution in [2.75, 3.05) is 11.2 Å². The van der Waals surface area contributed by atoms with Gasteiger partial charge in [0.2, 0.25) is 5.95 Å². The zero-order valence-electron chi connectivity index (χ0n) is 10.7. The van der Waals surface area contributed by atoms with Crippen LogP contribution in [0.25, 0.3) is 11.0 Å². The maximum atomic E-state index is 5.95. The second-order valence-corrected chi connectivity index (χ2v) is 5.11. The fourth-order valence-corrected chi connectivity index (χ4v) is 2.11. The number of nitrogens with zero attached hydrogens (tertiary/aromatic N) is 3. The summed E-state index contributed by atoms with van der Waals surface area (Å²) in [5.41, 5.74) is 13.2. The average Bonchev–Trinajstić information content (AvgIpc) is 2.92. The van der Waals surface area contributed by atoms with E-state index in [4.69, 9.17) is 28.9 Å². The summed E-state index contributed by atoms with van der Waals surface area (Å²) < 4.78 is 0. The van der Waals surface area contributed by atoms with Crippen molar-refractivity contribution in [2.45, 2.75) is 6.54 Å². The van der Waals surface area contributed by atoms with Crippen molar-refractivity contribution in [1.82, 2.24) is 25.6 Å². The summed E-state index contributed by atoms with van der Waals surface area (Å²) in [5, 5.41) is 8.32. The molecule has 0 saturated heterocycles. The lowest BCUT2D eigenvalue weighted by molar-refractivity contribution is 0.787. The number of nitrogen functional groups attached to an aromatic ring is 1. The van der Waals surface area contributed by atoms with Crippen LogP contribution in [0.4, 0.5) is 11.8 Å². The molecule has 0 amide bonds. The van der Waals surface area contributed by atoms with Gasteiger partial charge in [-0.2, -0.15) is 15.1 Å². The smallest absolute Gasteiger partial charge is 0.241 e. The summed E-state index contributed by atoms with van der Waals surface area (Å²) in [5.74, 6) is 0.705. The van der Waals surface area contributed by atoms with Gasteiger partial charge in [0.1, 0.15) is 5.82 Å². The molecule has 0 bridgehead atoms. The summed E-state index contributed by atoms with van der Waals surface area (Å²) in [7, 11) is 0. The number of H-pyrrole nitrogens is 1. The van der Waals surface area contributed by atoms with Crippen LogP contribution in [-0.4, -0.2) is 20.2 Å². The maximum absolute atomic E-state index is 5.95. The number of benzene rings is 1. The van der Waals surface area contributed by atoms with E-state index in [1.807, 2.05) is 6.07 Å². The fourth-order valence-electron chi connectivity index (χ4n) is 1.79. The molecule has 0 aliphatic heterocycles. The Bertz CT molecular complexity index is 786. The van der Waals surface area contributed by atoms with Crippen molar-refractivity contribution in [3.8, 4) is 0 Å². The minimum Gasteiger partial charge on any atom is -0.383 e. The van der Waals surface area contributed by atoms with Crippen molar-refractivity contribution >= 4 is 46.0 Å². The number of aromatic amines is 1. The highest BCUT2D eigenvalue weighted by Gasteiger charge is 2.06. The second kappa shape index (κ2) is 5.72. The highest BCUT2D eigenvalue weighted by molar-refractivity contribution is 6.42. The first-order chi connectivity index (χ1) is 10.1. The van der Waals surface area contributed by atoms with Crippen molar-refractivity contribution in [3.05, 3.63) is 40.0 Å². The highest BCUT2D eigenvalue weighted by atomic mass is 35.5. The van der Waals surface area contributed by atoms with E-state index >= 15 is 0 Å². The summed E-state index contributed by atoms with van der Waals surface area (Å²) in [6.07, 6.45) is 1.58. The molecule has 2 heterocycles. The van der Waals surface area contributed by atoms with E-state index in [-0.39, 0.29) is 0 Å². The SMILES string of the molecule is Nc1nc(NNCc2ccc(Cl)c(Cl)c2)nc2[nH]ncc12. The molecule has 3 rings (SSSR count). The van der Waals surface area contributed by atoms with E-state index in [0.29, 0.717) is 39.4 Å². The van der Waals surface area contributed by atoms with Crippen LogP contribution in [0.5, 0.6) is 0 Å². The number of nitrogens with one attached hydrogen (secondary N) is 3. The molecule has 0 aliphatic carbocycles. The number of hydrazine groups is 1. The largest absolute Gasteiger partial charge is 0.383 e. The van der Waals surface area contributed by atoms with Gasteiger partial charge < -0.3 is 5.73 Å². The van der Waals surface area contributed by atoms with Gasteiger partial charge in [0.05, 0.1) is 21.6 Å². The quantitative estimate of drug-likeness (QED) is 0.549. The first-order valence-electron chi connectivity index (χ1n) is 6.03. The number of hydrogen-bond donors (Lipinski definition) is 4. The molecule has 2 aromatic heterocycles. The average molecular weight is 324 g/mol. The standard InChI is InChI=1S/C12H11Cl2N7/c13-8-2-1-6(3-9(8)14)4-16-21-12-18-10(15)7-5-17-20-11(7)19-12/h1-3,5,16H,4H2,(H4,15,17,18,19,20,21). The Morgan fingerprint density at radius 2 is 2.05 bits per heavy atom. The second-order valence-electron chi connectivity index (χ2n) is 4.29. The molecule has 0 atom stereocenters. The van der Waals surface area contributed by atoms with E-state index < -0.39 is 0 Å². The monoisotopic (exact) mass is 323 g/mol. The van der Waals surface area contributed by atoms with Crippen LogP contribution >= 0.6 is 23.2 Å². The predicted molar refractivity (Wildman–Crippen MR) is 83.0 cm³/mol. The molecule has 9 heteroatoms. The summed E-state index contributed by atoms with van der Waals surface area (Å²) in [4.78, 5) is 8.35. The Hall–Kier alpha value is -2.09. The molecule has 108 valence electrons. The summed E-state index contributed by atoms with van der Waals surface area (Å²) >= 11 is 11.8. The predicted octanol–water partition coefficient (Wildman–Crippen LogP) is 2.36. The Morgan fingerprint density at radius 1 is 1.19 bits per heavy atom. The van der Waals surface area contributed by atoms with Crippen LogP contribution in [0.2, 0.25) is 10.0 Å². The third kappa shape index (κ3) is 2.99. The lowest BCUT2D eigenvalue weighted by Crippen LogP contribution is -2.22. The molecule has 21 heavy (non-hydrogen) atoms. The van der Waals surface area contributed by atoms with Gasteiger partial charge in [-0.3, -0.25) is 10.5 Å². The van der Waals surface area contributed by atoms with Crippen LogP contribution in [0.15, 0.2) is 24.4 Å². The van der Waals surface area contributed by atoms with E-state index in [2.05, 4.69) is 31.0 Å². The van der Waals surface area contributed by atoms with E-state index in [9.17, 15) is 0 Å². The molecule has 0 unspecified atom stereocenters. The number of nitrogens with two attached hydrogens (primary N) is 1. The highest BCUT2D eigenvalue weighted by Crippen LogP contribution is 2.22. The molecule has 7 nitrogen and oxygen atoms in total. The van der Waals surface area contributed by atoms with Crippen LogP contribution in [-0.2, 0) is 6.54 Å². The van der Waals surface area contributed by atoms with Crippen LogP contribution in [0, 0.1) is 0 Å². The van der Waals surface area contributed by atoms with Gasteiger partial charge in [-0.25, -0.2) is 5.43 Å². The third-order valence-corrected chi connectivity index (χ3v) is 3.55. The van der Waals surface area contributed by atoms with E-state index in [0.717, 1.165) is 5.56 Å². The lowest BCUT2D eigenvalue weighted by Gasteiger charge is -2.08. The maximum Gasteiger partial charge on any atom is 0.241 e. The summed E-state index contributed by atoms with van der Waals surface area (Å²) in [6, 6.07) is 5.40. The molecular weight excluding hydrogens is 313 g/mol. The van der Waals surface area contributed by atoms with Gasteiger partial charge in [-0.15, -0.1) is 0 Å². The van der Waals surface area contributed by atoms with Gasteiger partial charge in [0.25, 0.3) is 0 Å². The van der Waals surface area contributed by atoms with E-state index in [1.54, 1.807) is 18.3 Å². The van der Waals surface area contributed by atoms with Crippen molar-refractivity contribution in [1.29, 1.82) is 0 Å². The zero-order chi connectivity index (χ0) is 14.8. The van der Waals surface area contributed by atoms with E-state index in [1.165, 1.54) is 0 Å². The van der Waals surface area contributed by atoms with Crippen molar-refractivity contribution in [2.24, 2.45) is 0 Å². The topological polar surface area (TPSA) is 105 Å². The number of hydrogen-bond acceptors (Lipinski definition) is 6. The van der Waals surface area contributed by atoms with Crippen LogP contribution in [0.3, 0.4) is 0 Å². The van der Waals surface area contributed by atoms with Crippen molar-refractivity contribution in [3.63, 3.8) is 0 Å².